The summed E-state index contributed by atoms with van der Waals surface area (Å²) in [6, 6.07) is 16.1. The van der Waals surface area contributed by atoms with Crippen molar-refractivity contribution in [1.82, 2.24) is 0 Å². The van der Waals surface area contributed by atoms with Crippen LogP contribution in [-0.2, 0) is 18.9 Å². The Morgan fingerprint density at radius 1 is 0.767 bits per heavy atom. The van der Waals surface area contributed by atoms with Crippen LogP contribution in [0, 0.1) is 0 Å². The van der Waals surface area contributed by atoms with Crippen LogP contribution < -0.4 is 0 Å². The monoisotopic (exact) mass is 420 g/mol. The van der Waals surface area contributed by atoms with Crippen molar-refractivity contribution in [1.29, 1.82) is 0 Å². The summed E-state index contributed by atoms with van der Waals surface area (Å²) < 4.78 is 36.2. The predicted molar refractivity (Wildman–Crippen MR) is 107 cm³/mol. The van der Waals surface area contributed by atoms with Gasteiger partial charge in [-0.15, -0.1) is 0 Å². The molecule has 0 saturated heterocycles. The second kappa shape index (κ2) is 12.0. The number of methoxy groups -OCH3 is 2. The van der Waals surface area contributed by atoms with E-state index in [0.717, 1.165) is 0 Å². The van der Waals surface area contributed by atoms with Crippen LogP contribution in [0.2, 0.25) is 0 Å². The smallest absolute Gasteiger partial charge is 0.338 e. The number of carbonyl (C=O) groups excluding carboxylic acids is 2. The Morgan fingerprint density at radius 3 is 1.43 bits per heavy atom. The van der Waals surface area contributed by atoms with Gasteiger partial charge in [0.15, 0.2) is 12.2 Å². The van der Waals surface area contributed by atoms with E-state index in [4.69, 9.17) is 21.7 Å². The van der Waals surface area contributed by atoms with Gasteiger partial charge in [-0.1, -0.05) is 36.4 Å². The standard InChI is InChI=1S/C22H26O8/c1-27-19(17(13-23)29-21(25)15-9-5-3-6-10-15)20(28-2)18(14-24)30-22(26)16-11-7-4-8-12-16/h3-12,17-20,23-24H,13-14H2,1-2H3/t17-,18-,19-,20-/m1/s1/i1D,2D. The van der Waals surface area contributed by atoms with Crippen LogP contribution in [0.15, 0.2) is 60.7 Å². The molecule has 0 fully saturated rings. The normalized spacial score (nSPS) is 15.8. The molecule has 162 valence electrons. The zero-order chi connectivity index (χ0) is 23.3. The fourth-order valence-corrected chi connectivity index (χ4v) is 2.80. The van der Waals surface area contributed by atoms with Crippen molar-refractivity contribution in [2.24, 2.45) is 0 Å². The molecule has 4 atom stereocenters. The molecule has 0 unspecified atom stereocenters. The van der Waals surface area contributed by atoms with Crippen molar-refractivity contribution in [2.45, 2.75) is 24.4 Å². The second-order valence-electron chi connectivity index (χ2n) is 6.25. The largest absolute Gasteiger partial charge is 0.453 e. The summed E-state index contributed by atoms with van der Waals surface area (Å²) in [5, 5.41) is 19.7. The van der Waals surface area contributed by atoms with Crippen LogP contribution in [0.1, 0.15) is 23.5 Å². The van der Waals surface area contributed by atoms with Crippen molar-refractivity contribution >= 4 is 11.9 Å². The Hall–Kier alpha value is -2.78. The molecule has 0 aliphatic rings. The third-order valence-electron chi connectivity index (χ3n) is 4.34. The molecule has 0 radical (unpaired) electrons. The molecular weight excluding hydrogens is 392 g/mol. The SMILES string of the molecule is [2H]CO[C@@H]([C@H](OC[2H])[C@@H](CO)OC(=O)c1ccccc1)[C@@H](CO)OC(=O)c1ccccc1. The molecule has 0 amide bonds. The minimum atomic E-state index is -1.32. The molecule has 2 aromatic carbocycles. The first-order chi connectivity index (χ1) is 15.5. The molecule has 8 nitrogen and oxygen atoms in total. The Labute approximate surface area is 177 Å². The van der Waals surface area contributed by atoms with Gasteiger partial charge in [0.1, 0.15) is 12.2 Å². The molecule has 0 aromatic heterocycles. The summed E-state index contributed by atoms with van der Waals surface area (Å²) >= 11 is 0. The lowest BCUT2D eigenvalue weighted by molar-refractivity contribution is -0.152. The molecule has 0 bridgehead atoms. The molecular formula is C22H26O8. The number of rotatable bonds is 11. The molecule has 2 aromatic rings. The zero-order valence-electron chi connectivity index (χ0n) is 18.3. The number of aliphatic hydroxyl groups excluding tert-OH is 2. The van der Waals surface area contributed by atoms with Crippen LogP contribution in [0.4, 0.5) is 0 Å². The summed E-state index contributed by atoms with van der Waals surface area (Å²) in [6.07, 6.45) is -5.27. The van der Waals surface area contributed by atoms with Gasteiger partial charge in [-0.3, -0.25) is 0 Å². The summed E-state index contributed by atoms with van der Waals surface area (Å²) in [6.45, 7) is -1.40. The van der Waals surface area contributed by atoms with Gasteiger partial charge in [0.25, 0.3) is 0 Å². The highest BCUT2D eigenvalue weighted by Gasteiger charge is 2.39. The van der Waals surface area contributed by atoms with Gasteiger partial charge in [0, 0.05) is 14.2 Å². The van der Waals surface area contributed by atoms with Gasteiger partial charge in [-0.25, -0.2) is 9.59 Å². The molecule has 2 N–H and O–H groups in total. The quantitative estimate of drug-likeness (QED) is 0.526. The van der Waals surface area contributed by atoms with Crippen molar-refractivity contribution in [3.8, 4) is 0 Å². The molecule has 0 aliphatic carbocycles. The number of hydrogen-bond donors (Lipinski definition) is 2. The molecule has 30 heavy (non-hydrogen) atoms. The molecule has 0 heterocycles. The summed E-state index contributed by atoms with van der Waals surface area (Å²) in [5.74, 6) is -1.51. The topological polar surface area (TPSA) is 112 Å². The lowest BCUT2D eigenvalue weighted by atomic mass is 10.0. The van der Waals surface area contributed by atoms with E-state index in [2.05, 4.69) is 0 Å². The Balaban J connectivity index is 2.24. The molecule has 8 heteroatoms. The van der Waals surface area contributed by atoms with E-state index >= 15 is 0 Å². The number of ether oxygens (including phenoxy) is 4. The number of esters is 2. The zero-order valence-corrected chi connectivity index (χ0v) is 16.3. The van der Waals surface area contributed by atoms with E-state index in [1.807, 2.05) is 0 Å². The lowest BCUT2D eigenvalue weighted by Crippen LogP contribution is -2.52. The summed E-state index contributed by atoms with van der Waals surface area (Å²) in [7, 11) is -1.21. The van der Waals surface area contributed by atoms with Crippen LogP contribution >= 0.6 is 0 Å². The Kier molecular flexibility index (Phi) is 8.22. The van der Waals surface area contributed by atoms with Crippen molar-refractivity contribution in [3.05, 3.63) is 71.8 Å². The van der Waals surface area contributed by atoms with E-state index in [1.165, 1.54) is 24.3 Å². The molecule has 0 aliphatic heterocycles. The van der Waals surface area contributed by atoms with Gasteiger partial charge in [-0.05, 0) is 24.3 Å². The first-order valence-corrected chi connectivity index (χ1v) is 9.11. The fourth-order valence-electron chi connectivity index (χ4n) is 2.80. The number of benzene rings is 2. The van der Waals surface area contributed by atoms with Gasteiger partial charge in [-0.2, -0.15) is 0 Å². The van der Waals surface area contributed by atoms with Crippen molar-refractivity contribution in [2.75, 3.05) is 27.4 Å². The summed E-state index contributed by atoms with van der Waals surface area (Å²) in [4.78, 5) is 24.9. The van der Waals surface area contributed by atoms with Crippen molar-refractivity contribution < 1.29 is 41.5 Å². The maximum Gasteiger partial charge on any atom is 0.338 e. The average Bonchev–Trinajstić information content (AvgIpc) is 2.84. The van der Waals surface area contributed by atoms with Crippen LogP contribution in [-0.4, -0.2) is 74.0 Å². The maximum atomic E-state index is 12.5. The highest BCUT2D eigenvalue weighted by atomic mass is 16.6. The number of carbonyl (C=O) groups is 2. The van der Waals surface area contributed by atoms with E-state index in [-0.39, 0.29) is 11.1 Å². The van der Waals surface area contributed by atoms with Crippen molar-refractivity contribution in [3.63, 3.8) is 0 Å². The highest BCUT2D eigenvalue weighted by molar-refractivity contribution is 5.90. The number of hydrogen-bond acceptors (Lipinski definition) is 8. The molecule has 0 spiro atoms. The fraction of sp³-hybridized carbons (Fsp3) is 0.364. The lowest BCUT2D eigenvalue weighted by Gasteiger charge is -2.34. The minimum Gasteiger partial charge on any atom is -0.453 e. The number of aliphatic hydroxyl groups is 2. The predicted octanol–water partition coefficient (Wildman–Crippen LogP) is 1.45. The second-order valence-corrected chi connectivity index (χ2v) is 6.25. The van der Waals surface area contributed by atoms with E-state index in [9.17, 15) is 19.8 Å². The van der Waals surface area contributed by atoms with Crippen LogP contribution in [0.5, 0.6) is 0 Å². The van der Waals surface area contributed by atoms with Crippen LogP contribution in [0.3, 0.4) is 0 Å². The minimum absolute atomic E-state index is 0.225. The Morgan fingerprint density at radius 2 is 1.13 bits per heavy atom. The molecule has 0 saturated carbocycles. The van der Waals surface area contributed by atoms with Gasteiger partial charge in [0.05, 0.1) is 27.1 Å². The van der Waals surface area contributed by atoms with Gasteiger partial charge < -0.3 is 29.2 Å². The first kappa shape index (κ1) is 20.5. The van der Waals surface area contributed by atoms with Gasteiger partial charge in [0.2, 0.25) is 0 Å². The first-order valence-electron chi connectivity index (χ1n) is 10.5. The van der Waals surface area contributed by atoms with E-state index in [1.54, 1.807) is 36.4 Å². The van der Waals surface area contributed by atoms with E-state index in [0.29, 0.717) is 0 Å². The van der Waals surface area contributed by atoms with E-state index < -0.39 is 63.7 Å². The Bertz CT molecular complexity index is 752. The third kappa shape index (κ3) is 6.11. The maximum absolute atomic E-state index is 12.5. The highest BCUT2D eigenvalue weighted by Crippen LogP contribution is 2.19. The van der Waals surface area contributed by atoms with Crippen LogP contribution in [0.25, 0.3) is 0 Å². The average molecular weight is 420 g/mol. The third-order valence-corrected chi connectivity index (χ3v) is 4.34. The van der Waals surface area contributed by atoms with Gasteiger partial charge >= 0.3 is 11.9 Å². The molecule has 2 rings (SSSR count). The summed E-state index contributed by atoms with van der Waals surface area (Å²) in [5.41, 5.74) is 0.450.